The van der Waals surface area contributed by atoms with E-state index in [9.17, 15) is 0 Å². The van der Waals surface area contributed by atoms with Gasteiger partial charge in [0, 0.05) is 31.6 Å². The SMILES string of the molecule is Cn1cc(CNC2CCSC2)nn1. The quantitative estimate of drug-likeness (QED) is 0.764. The Bertz CT molecular complexity index is 267. The molecule has 1 atom stereocenters. The topological polar surface area (TPSA) is 42.7 Å². The van der Waals surface area contributed by atoms with Crippen LogP contribution in [0, 0.1) is 0 Å². The highest BCUT2D eigenvalue weighted by Crippen LogP contribution is 2.17. The molecule has 5 heteroatoms. The molecule has 2 heterocycles. The highest BCUT2D eigenvalue weighted by atomic mass is 32.2. The van der Waals surface area contributed by atoms with Gasteiger partial charge in [0.05, 0.1) is 5.69 Å². The molecule has 0 aliphatic carbocycles. The summed E-state index contributed by atoms with van der Waals surface area (Å²) in [6, 6.07) is 0.673. The number of aryl methyl sites for hydroxylation is 1. The lowest BCUT2D eigenvalue weighted by molar-refractivity contribution is 0.551. The number of hydrogen-bond donors (Lipinski definition) is 1. The summed E-state index contributed by atoms with van der Waals surface area (Å²) in [5, 5.41) is 11.4. The average molecular weight is 198 g/mol. The predicted octanol–water partition coefficient (Wildman–Crippen LogP) is 0.410. The van der Waals surface area contributed by atoms with E-state index in [4.69, 9.17) is 0 Å². The highest BCUT2D eigenvalue weighted by Gasteiger charge is 2.14. The van der Waals surface area contributed by atoms with E-state index in [2.05, 4.69) is 15.6 Å². The van der Waals surface area contributed by atoms with E-state index >= 15 is 0 Å². The first-order valence-corrected chi connectivity index (χ1v) is 5.66. The van der Waals surface area contributed by atoms with Gasteiger partial charge in [-0.1, -0.05) is 5.21 Å². The minimum atomic E-state index is 0.673. The van der Waals surface area contributed by atoms with Crippen LogP contribution in [0.1, 0.15) is 12.1 Å². The third-order valence-electron chi connectivity index (χ3n) is 2.15. The molecule has 4 nitrogen and oxygen atoms in total. The van der Waals surface area contributed by atoms with E-state index in [-0.39, 0.29) is 0 Å². The summed E-state index contributed by atoms with van der Waals surface area (Å²) in [6.45, 7) is 0.846. The molecule has 1 aliphatic rings. The van der Waals surface area contributed by atoms with Gasteiger partial charge in [-0.2, -0.15) is 11.8 Å². The molecule has 13 heavy (non-hydrogen) atoms. The fraction of sp³-hybridized carbons (Fsp3) is 0.750. The fourth-order valence-electron chi connectivity index (χ4n) is 1.42. The van der Waals surface area contributed by atoms with Crippen LogP contribution >= 0.6 is 11.8 Å². The van der Waals surface area contributed by atoms with Crippen LogP contribution in [0.15, 0.2) is 6.20 Å². The van der Waals surface area contributed by atoms with Crippen LogP contribution in [0.3, 0.4) is 0 Å². The molecule has 1 N–H and O–H groups in total. The molecule has 1 saturated heterocycles. The lowest BCUT2D eigenvalue weighted by atomic mass is 10.2. The Kier molecular flexibility index (Phi) is 2.85. The van der Waals surface area contributed by atoms with Crippen molar-refractivity contribution in [3.8, 4) is 0 Å². The van der Waals surface area contributed by atoms with Gasteiger partial charge in [-0.05, 0) is 12.2 Å². The summed E-state index contributed by atoms with van der Waals surface area (Å²) in [5.74, 6) is 2.53. The zero-order valence-corrected chi connectivity index (χ0v) is 8.55. The van der Waals surface area contributed by atoms with E-state index in [0.717, 1.165) is 12.2 Å². The van der Waals surface area contributed by atoms with Crippen molar-refractivity contribution in [3.63, 3.8) is 0 Å². The van der Waals surface area contributed by atoms with Crippen LogP contribution in [-0.2, 0) is 13.6 Å². The van der Waals surface area contributed by atoms with Crippen LogP contribution < -0.4 is 5.32 Å². The lowest BCUT2D eigenvalue weighted by Crippen LogP contribution is -2.28. The van der Waals surface area contributed by atoms with Crippen molar-refractivity contribution in [1.82, 2.24) is 20.3 Å². The van der Waals surface area contributed by atoms with Crippen molar-refractivity contribution in [2.24, 2.45) is 7.05 Å². The van der Waals surface area contributed by atoms with E-state index < -0.39 is 0 Å². The van der Waals surface area contributed by atoms with Crippen LogP contribution in [-0.4, -0.2) is 32.5 Å². The Labute approximate surface area is 82.1 Å². The van der Waals surface area contributed by atoms with Crippen LogP contribution in [0.5, 0.6) is 0 Å². The summed E-state index contributed by atoms with van der Waals surface area (Å²) in [6.07, 6.45) is 3.24. The number of nitrogens with zero attached hydrogens (tertiary/aromatic N) is 3. The molecule has 72 valence electrons. The number of hydrogen-bond acceptors (Lipinski definition) is 4. The highest BCUT2D eigenvalue weighted by molar-refractivity contribution is 7.99. The maximum Gasteiger partial charge on any atom is 0.0964 e. The fourth-order valence-corrected chi connectivity index (χ4v) is 2.61. The Morgan fingerprint density at radius 3 is 3.31 bits per heavy atom. The van der Waals surface area contributed by atoms with Crippen LogP contribution in [0.2, 0.25) is 0 Å². The minimum absolute atomic E-state index is 0.673. The number of thioether (sulfide) groups is 1. The molecule has 0 bridgehead atoms. The molecule has 1 aromatic heterocycles. The summed E-state index contributed by atoms with van der Waals surface area (Å²) in [7, 11) is 1.89. The zero-order chi connectivity index (χ0) is 9.10. The molecule has 1 unspecified atom stereocenters. The Balaban J connectivity index is 1.78. The van der Waals surface area contributed by atoms with Gasteiger partial charge in [-0.25, -0.2) is 0 Å². The summed E-state index contributed by atoms with van der Waals surface area (Å²) < 4.78 is 1.74. The van der Waals surface area contributed by atoms with E-state index in [1.165, 1.54) is 17.9 Å². The number of aromatic nitrogens is 3. The molecule has 0 spiro atoms. The van der Waals surface area contributed by atoms with Crippen molar-refractivity contribution < 1.29 is 0 Å². The van der Waals surface area contributed by atoms with Crippen molar-refractivity contribution in [1.29, 1.82) is 0 Å². The number of rotatable bonds is 3. The predicted molar refractivity (Wildman–Crippen MR) is 53.6 cm³/mol. The van der Waals surface area contributed by atoms with Gasteiger partial charge < -0.3 is 5.32 Å². The summed E-state index contributed by atoms with van der Waals surface area (Å²) >= 11 is 2.02. The van der Waals surface area contributed by atoms with Crippen LogP contribution in [0.4, 0.5) is 0 Å². The third-order valence-corrected chi connectivity index (χ3v) is 3.31. The Hall–Kier alpha value is -0.550. The first-order chi connectivity index (χ1) is 6.34. The van der Waals surface area contributed by atoms with Gasteiger partial charge in [0.1, 0.15) is 0 Å². The van der Waals surface area contributed by atoms with Gasteiger partial charge in [-0.15, -0.1) is 5.10 Å². The Morgan fingerprint density at radius 2 is 2.69 bits per heavy atom. The van der Waals surface area contributed by atoms with Crippen molar-refractivity contribution in [2.45, 2.75) is 19.0 Å². The second kappa shape index (κ2) is 4.11. The molecule has 0 radical (unpaired) electrons. The van der Waals surface area contributed by atoms with Gasteiger partial charge >= 0.3 is 0 Å². The maximum absolute atomic E-state index is 4.02. The Morgan fingerprint density at radius 1 is 1.77 bits per heavy atom. The number of nitrogens with one attached hydrogen (secondary N) is 1. The van der Waals surface area contributed by atoms with Crippen molar-refractivity contribution in [3.05, 3.63) is 11.9 Å². The smallest absolute Gasteiger partial charge is 0.0964 e. The molecule has 0 amide bonds. The molecular formula is C8H14N4S. The molecule has 2 rings (SSSR count). The van der Waals surface area contributed by atoms with Gasteiger partial charge in [-0.3, -0.25) is 4.68 Å². The van der Waals surface area contributed by atoms with Crippen molar-refractivity contribution >= 4 is 11.8 Å². The van der Waals surface area contributed by atoms with Gasteiger partial charge in [0.25, 0.3) is 0 Å². The van der Waals surface area contributed by atoms with E-state index in [1.54, 1.807) is 4.68 Å². The second-order valence-electron chi connectivity index (χ2n) is 3.32. The molecule has 1 aromatic rings. The molecular weight excluding hydrogens is 184 g/mol. The maximum atomic E-state index is 4.02. The lowest BCUT2D eigenvalue weighted by Gasteiger charge is -2.08. The van der Waals surface area contributed by atoms with Crippen LogP contribution in [0.25, 0.3) is 0 Å². The van der Waals surface area contributed by atoms with E-state index in [0.29, 0.717) is 6.04 Å². The minimum Gasteiger partial charge on any atom is -0.307 e. The molecule has 0 saturated carbocycles. The largest absolute Gasteiger partial charge is 0.307 e. The van der Waals surface area contributed by atoms with Gasteiger partial charge in [0.2, 0.25) is 0 Å². The molecule has 0 aromatic carbocycles. The first kappa shape index (κ1) is 9.02. The summed E-state index contributed by atoms with van der Waals surface area (Å²) in [4.78, 5) is 0. The average Bonchev–Trinajstić information content (AvgIpc) is 2.71. The normalized spacial score (nSPS) is 22.4. The van der Waals surface area contributed by atoms with E-state index in [1.807, 2.05) is 25.0 Å². The van der Waals surface area contributed by atoms with Gasteiger partial charge in [0.15, 0.2) is 0 Å². The standard InChI is InChI=1S/C8H14N4S/c1-12-5-8(10-11-12)4-9-7-2-3-13-6-7/h5,7,9H,2-4,6H2,1H3. The third kappa shape index (κ3) is 2.45. The summed E-state index contributed by atoms with van der Waals surface area (Å²) in [5.41, 5.74) is 1.03. The molecule has 1 fully saturated rings. The zero-order valence-electron chi connectivity index (χ0n) is 7.73. The molecule has 1 aliphatic heterocycles. The second-order valence-corrected chi connectivity index (χ2v) is 4.47. The monoisotopic (exact) mass is 198 g/mol. The van der Waals surface area contributed by atoms with Crippen molar-refractivity contribution in [2.75, 3.05) is 11.5 Å². The first-order valence-electron chi connectivity index (χ1n) is 4.51.